The minimum atomic E-state index is -0.392. The summed E-state index contributed by atoms with van der Waals surface area (Å²) in [6.07, 6.45) is 0. The summed E-state index contributed by atoms with van der Waals surface area (Å²) in [4.78, 5) is 30.3. The molecule has 6 nitrogen and oxygen atoms in total. The number of hydrogen-bond acceptors (Lipinski definition) is 6. The first-order chi connectivity index (χ1) is 15.4. The number of nitrogens with one attached hydrogen (secondary N) is 1. The number of amides is 1. The molecular formula is C22H17ClFN3O3S2. The molecule has 0 radical (unpaired) electrons. The number of thioether (sulfide) groups is 1. The average molecular weight is 490 g/mol. The van der Waals surface area contributed by atoms with Crippen molar-refractivity contribution in [2.24, 2.45) is 0 Å². The van der Waals surface area contributed by atoms with Gasteiger partial charge in [0.25, 0.3) is 5.56 Å². The predicted molar refractivity (Wildman–Crippen MR) is 127 cm³/mol. The molecule has 0 bridgehead atoms. The van der Waals surface area contributed by atoms with Gasteiger partial charge in [-0.05, 0) is 60.3 Å². The molecule has 0 fully saturated rings. The zero-order chi connectivity index (χ0) is 22.8. The zero-order valence-electron chi connectivity index (χ0n) is 17.0. The van der Waals surface area contributed by atoms with Crippen LogP contribution in [0.4, 0.5) is 10.1 Å². The van der Waals surface area contributed by atoms with Gasteiger partial charge in [-0.15, -0.1) is 11.3 Å². The fraction of sp³-hybridized carbons (Fsp3) is 0.136. The summed E-state index contributed by atoms with van der Waals surface area (Å²) in [5.41, 5.74) is 1.92. The van der Waals surface area contributed by atoms with Crippen LogP contribution in [0, 0.1) is 12.7 Å². The number of carbonyl (C=O) groups excluding carboxylic acids is 1. The first-order valence-electron chi connectivity index (χ1n) is 9.40. The maximum absolute atomic E-state index is 13.6. The minimum absolute atomic E-state index is 0.00593. The Labute approximate surface area is 196 Å². The first-order valence-corrected chi connectivity index (χ1v) is 11.6. The highest BCUT2D eigenvalue weighted by molar-refractivity contribution is 7.99. The molecule has 0 saturated carbocycles. The fourth-order valence-corrected chi connectivity index (χ4v) is 4.97. The van der Waals surface area contributed by atoms with Crippen molar-refractivity contribution in [3.05, 3.63) is 74.6 Å². The Morgan fingerprint density at radius 1 is 1.28 bits per heavy atom. The van der Waals surface area contributed by atoms with Crippen molar-refractivity contribution in [3.63, 3.8) is 0 Å². The van der Waals surface area contributed by atoms with E-state index in [0.717, 1.165) is 11.8 Å². The normalized spacial score (nSPS) is 11.0. The van der Waals surface area contributed by atoms with Crippen molar-refractivity contribution in [1.82, 2.24) is 9.55 Å². The van der Waals surface area contributed by atoms with E-state index in [1.165, 1.54) is 41.2 Å². The quantitative estimate of drug-likeness (QED) is 0.294. The molecule has 1 amide bonds. The van der Waals surface area contributed by atoms with E-state index in [1.807, 2.05) is 0 Å². The lowest BCUT2D eigenvalue weighted by atomic mass is 10.2. The summed E-state index contributed by atoms with van der Waals surface area (Å²) >= 11 is 8.52. The van der Waals surface area contributed by atoms with Gasteiger partial charge in [-0.2, -0.15) is 0 Å². The average Bonchev–Trinajstić information content (AvgIpc) is 3.22. The Hall–Kier alpha value is -2.88. The number of methoxy groups -OCH3 is 1. The topological polar surface area (TPSA) is 73.2 Å². The molecule has 2 heterocycles. The van der Waals surface area contributed by atoms with E-state index in [9.17, 15) is 14.0 Å². The number of aryl methyl sites for hydroxylation is 1. The lowest BCUT2D eigenvalue weighted by molar-refractivity contribution is -0.113. The molecule has 0 aliphatic rings. The number of carbonyl (C=O) groups is 1. The van der Waals surface area contributed by atoms with Crippen LogP contribution in [0.1, 0.15) is 5.56 Å². The molecule has 0 unspecified atom stereocenters. The highest BCUT2D eigenvalue weighted by Gasteiger charge is 2.17. The van der Waals surface area contributed by atoms with Gasteiger partial charge in [0.1, 0.15) is 16.3 Å². The van der Waals surface area contributed by atoms with Gasteiger partial charge in [0, 0.05) is 5.69 Å². The summed E-state index contributed by atoms with van der Waals surface area (Å²) in [6.45, 7) is 1.72. The Bertz CT molecular complexity index is 1390. The molecule has 0 saturated heterocycles. The van der Waals surface area contributed by atoms with Gasteiger partial charge < -0.3 is 10.1 Å². The van der Waals surface area contributed by atoms with Gasteiger partial charge in [0.05, 0.1) is 29.1 Å². The van der Waals surface area contributed by atoms with Crippen LogP contribution in [-0.4, -0.2) is 28.3 Å². The molecule has 2 aromatic carbocycles. The van der Waals surface area contributed by atoms with Crippen molar-refractivity contribution in [2.75, 3.05) is 18.2 Å². The number of ether oxygens (including phenoxy) is 1. The van der Waals surface area contributed by atoms with E-state index in [-0.39, 0.29) is 17.2 Å². The van der Waals surface area contributed by atoms with E-state index in [0.29, 0.717) is 43.1 Å². The Kier molecular flexibility index (Phi) is 6.50. The lowest BCUT2D eigenvalue weighted by Gasteiger charge is -2.14. The molecular weight excluding hydrogens is 473 g/mol. The third kappa shape index (κ3) is 4.50. The summed E-state index contributed by atoms with van der Waals surface area (Å²) in [5.74, 6) is -0.174. The fourth-order valence-electron chi connectivity index (χ4n) is 3.14. The Morgan fingerprint density at radius 3 is 2.81 bits per heavy atom. The van der Waals surface area contributed by atoms with Gasteiger partial charge >= 0.3 is 0 Å². The number of rotatable bonds is 6. The van der Waals surface area contributed by atoms with Gasteiger partial charge in [-0.3, -0.25) is 14.2 Å². The number of hydrogen-bond donors (Lipinski definition) is 1. The number of benzene rings is 2. The largest absolute Gasteiger partial charge is 0.495 e. The second-order valence-electron chi connectivity index (χ2n) is 6.79. The smallest absolute Gasteiger partial charge is 0.276 e. The van der Waals surface area contributed by atoms with Crippen LogP contribution < -0.4 is 15.6 Å². The summed E-state index contributed by atoms with van der Waals surface area (Å²) in [6, 6.07) is 10.9. The van der Waals surface area contributed by atoms with E-state index < -0.39 is 5.82 Å². The molecule has 32 heavy (non-hydrogen) atoms. The maximum atomic E-state index is 13.6. The van der Waals surface area contributed by atoms with E-state index >= 15 is 0 Å². The third-order valence-corrected chi connectivity index (χ3v) is 6.74. The van der Waals surface area contributed by atoms with E-state index in [4.69, 9.17) is 16.3 Å². The zero-order valence-corrected chi connectivity index (χ0v) is 19.4. The molecule has 4 aromatic rings. The van der Waals surface area contributed by atoms with Crippen molar-refractivity contribution < 1.29 is 13.9 Å². The highest BCUT2D eigenvalue weighted by Crippen LogP contribution is 2.28. The summed E-state index contributed by atoms with van der Waals surface area (Å²) in [5, 5.41) is 5.28. The molecule has 0 aliphatic carbocycles. The third-order valence-electron chi connectivity index (χ3n) is 4.62. The van der Waals surface area contributed by atoms with Gasteiger partial charge in [0.2, 0.25) is 5.91 Å². The molecule has 0 aliphatic heterocycles. The number of fused-ring (bicyclic) bond motifs is 1. The van der Waals surface area contributed by atoms with Crippen molar-refractivity contribution in [3.8, 4) is 11.4 Å². The van der Waals surface area contributed by atoms with E-state index in [2.05, 4.69) is 10.3 Å². The molecule has 164 valence electrons. The number of halogens is 2. The van der Waals surface area contributed by atoms with Gasteiger partial charge in [-0.1, -0.05) is 23.4 Å². The minimum Gasteiger partial charge on any atom is -0.495 e. The Morgan fingerprint density at radius 2 is 2.09 bits per heavy atom. The second-order valence-corrected chi connectivity index (χ2v) is 9.05. The standard InChI is InChI=1S/C22H17ClFN3O3S2/c1-12-9-13(24)3-5-17(12)27-21(29)20-16(7-8-31-20)26-22(27)32-11-19(28)25-14-4-6-18(30-2)15(23)10-14/h3-10H,11H2,1-2H3,(H,25,28). The van der Waals surface area contributed by atoms with Gasteiger partial charge in [-0.25, -0.2) is 9.37 Å². The van der Waals surface area contributed by atoms with Crippen LogP contribution in [0.5, 0.6) is 5.75 Å². The van der Waals surface area contributed by atoms with Crippen LogP contribution in [-0.2, 0) is 4.79 Å². The Balaban J connectivity index is 1.63. The second kappa shape index (κ2) is 9.32. The van der Waals surface area contributed by atoms with Crippen LogP contribution in [0.3, 0.4) is 0 Å². The van der Waals surface area contributed by atoms with Crippen LogP contribution in [0.25, 0.3) is 15.9 Å². The maximum Gasteiger partial charge on any atom is 0.276 e. The SMILES string of the molecule is COc1ccc(NC(=O)CSc2nc3ccsc3c(=O)n2-c2ccc(F)cc2C)cc1Cl. The molecule has 1 N–H and O–H groups in total. The highest BCUT2D eigenvalue weighted by atomic mass is 35.5. The number of thiophene rings is 1. The number of aromatic nitrogens is 2. The molecule has 0 atom stereocenters. The van der Waals surface area contributed by atoms with Crippen molar-refractivity contribution >= 4 is 56.5 Å². The van der Waals surface area contributed by atoms with Crippen molar-refractivity contribution in [2.45, 2.75) is 12.1 Å². The number of anilines is 1. The predicted octanol–water partition coefficient (Wildman–Crippen LogP) is 5.29. The van der Waals surface area contributed by atoms with Crippen molar-refractivity contribution in [1.29, 1.82) is 0 Å². The molecule has 4 rings (SSSR count). The number of nitrogens with zero attached hydrogens (tertiary/aromatic N) is 2. The van der Waals surface area contributed by atoms with Crippen LogP contribution in [0.15, 0.2) is 57.8 Å². The molecule has 10 heteroatoms. The van der Waals surface area contributed by atoms with Crippen LogP contribution in [0.2, 0.25) is 5.02 Å². The lowest BCUT2D eigenvalue weighted by Crippen LogP contribution is -2.23. The summed E-state index contributed by atoms with van der Waals surface area (Å²) in [7, 11) is 1.51. The summed E-state index contributed by atoms with van der Waals surface area (Å²) < 4.78 is 20.7. The van der Waals surface area contributed by atoms with Gasteiger partial charge in [0.15, 0.2) is 5.16 Å². The molecule has 2 aromatic heterocycles. The molecule has 0 spiro atoms. The van der Waals surface area contributed by atoms with E-state index in [1.54, 1.807) is 36.6 Å². The first kappa shape index (κ1) is 22.3. The monoisotopic (exact) mass is 489 g/mol. The van der Waals surface area contributed by atoms with Crippen LogP contribution >= 0.6 is 34.7 Å².